The predicted octanol–water partition coefficient (Wildman–Crippen LogP) is 7.44. The van der Waals surface area contributed by atoms with Gasteiger partial charge in [0.15, 0.2) is 8.07 Å². The molecule has 1 heterocycles. The maximum absolute atomic E-state index is 10.9. The van der Waals surface area contributed by atoms with Crippen molar-refractivity contribution >= 4 is 50.6 Å². The second kappa shape index (κ2) is 12.6. The smallest absolute Gasteiger partial charge is 0.181 e. The summed E-state index contributed by atoms with van der Waals surface area (Å²) in [5.74, 6) is 0. The van der Waals surface area contributed by atoms with Crippen molar-refractivity contribution in [1.29, 1.82) is 15.8 Å². The molecule has 1 aromatic heterocycles. The first-order chi connectivity index (χ1) is 24.7. The Kier molecular flexibility index (Phi) is 7.63. The number of benzene rings is 7. The van der Waals surface area contributed by atoms with Crippen molar-refractivity contribution in [2.75, 3.05) is 0 Å². The van der Waals surface area contributed by atoms with Gasteiger partial charge in [-0.1, -0.05) is 121 Å². The first-order valence-corrected chi connectivity index (χ1v) is 18.4. The van der Waals surface area contributed by atoms with Crippen LogP contribution in [0, 0.1) is 34.0 Å². The first kappa shape index (κ1) is 30.4. The van der Waals surface area contributed by atoms with Crippen molar-refractivity contribution in [3.8, 4) is 35.0 Å². The van der Waals surface area contributed by atoms with Gasteiger partial charge < -0.3 is 4.57 Å². The van der Waals surface area contributed by atoms with Gasteiger partial charge in [0, 0.05) is 22.0 Å². The summed E-state index contributed by atoms with van der Waals surface area (Å²) < 4.78 is 2.19. The number of para-hydroxylation sites is 1. The molecule has 0 N–H and O–H groups in total. The third-order valence-corrected chi connectivity index (χ3v) is 14.5. The highest BCUT2D eigenvalue weighted by atomic mass is 28.3. The molecule has 0 saturated heterocycles. The Morgan fingerprint density at radius 3 is 1.62 bits per heavy atom. The number of aromatic nitrogens is 1. The van der Waals surface area contributed by atoms with E-state index in [0.717, 1.165) is 53.8 Å². The molecular formula is C45H28N4Si. The fourth-order valence-electron chi connectivity index (χ4n) is 7.50. The largest absolute Gasteiger partial charge is 0.309 e. The van der Waals surface area contributed by atoms with E-state index in [4.69, 9.17) is 0 Å². The molecule has 0 radical (unpaired) electrons. The van der Waals surface area contributed by atoms with E-state index < -0.39 is 8.07 Å². The van der Waals surface area contributed by atoms with Crippen LogP contribution in [0.1, 0.15) is 16.7 Å². The van der Waals surface area contributed by atoms with E-state index in [1.165, 1.54) is 0 Å². The van der Waals surface area contributed by atoms with Crippen molar-refractivity contribution in [1.82, 2.24) is 4.57 Å². The second-order valence-corrected chi connectivity index (χ2v) is 16.0. The molecule has 8 rings (SSSR count). The van der Waals surface area contributed by atoms with Gasteiger partial charge in [-0.15, -0.1) is 0 Å². The molecule has 232 valence electrons. The van der Waals surface area contributed by atoms with Crippen molar-refractivity contribution < 1.29 is 0 Å². The van der Waals surface area contributed by atoms with E-state index in [-0.39, 0.29) is 0 Å². The normalized spacial score (nSPS) is 11.1. The number of nitriles is 3. The SMILES string of the molecule is N#Cc1ccc2c(c1)c1ccccc1n2-c1cccc(-c2cc(C#N)c([Si](c3ccccc3)(c3ccccc3)c3ccccc3)cc2C#N)c1. The minimum Gasteiger partial charge on any atom is -0.309 e. The molecule has 0 amide bonds. The fraction of sp³-hybridized carbons (Fsp3) is 0. The van der Waals surface area contributed by atoms with Crippen LogP contribution in [-0.4, -0.2) is 12.6 Å². The molecule has 0 atom stereocenters. The summed E-state index contributed by atoms with van der Waals surface area (Å²) in [6.45, 7) is 0. The van der Waals surface area contributed by atoms with Crippen LogP contribution in [0.4, 0.5) is 0 Å². The minimum absolute atomic E-state index is 0.511. The van der Waals surface area contributed by atoms with Crippen molar-refractivity contribution in [2.45, 2.75) is 0 Å². The van der Waals surface area contributed by atoms with Crippen molar-refractivity contribution in [2.24, 2.45) is 0 Å². The van der Waals surface area contributed by atoms with E-state index >= 15 is 0 Å². The van der Waals surface area contributed by atoms with Crippen LogP contribution in [0.25, 0.3) is 38.6 Å². The maximum atomic E-state index is 10.9. The Morgan fingerprint density at radius 2 is 1.02 bits per heavy atom. The van der Waals surface area contributed by atoms with Gasteiger partial charge in [-0.25, -0.2) is 0 Å². The molecule has 5 heteroatoms. The monoisotopic (exact) mass is 652 g/mol. The molecule has 0 aliphatic carbocycles. The van der Waals surface area contributed by atoms with Crippen molar-refractivity contribution in [3.05, 3.63) is 187 Å². The molecule has 0 bridgehead atoms. The first-order valence-electron chi connectivity index (χ1n) is 16.4. The Morgan fingerprint density at radius 1 is 0.440 bits per heavy atom. The predicted molar refractivity (Wildman–Crippen MR) is 204 cm³/mol. The van der Waals surface area contributed by atoms with E-state index in [1.54, 1.807) is 0 Å². The quantitative estimate of drug-likeness (QED) is 0.138. The molecule has 0 saturated carbocycles. The van der Waals surface area contributed by atoms with Crippen LogP contribution < -0.4 is 20.7 Å². The van der Waals surface area contributed by atoms with Crippen LogP contribution in [0.5, 0.6) is 0 Å². The molecular weight excluding hydrogens is 625 g/mol. The molecule has 0 aliphatic rings. The maximum Gasteiger partial charge on any atom is 0.181 e. The third kappa shape index (κ3) is 4.80. The highest BCUT2D eigenvalue weighted by molar-refractivity contribution is 7.20. The Labute approximate surface area is 291 Å². The lowest BCUT2D eigenvalue weighted by molar-refractivity contribution is 1.18. The molecule has 0 aliphatic heterocycles. The summed E-state index contributed by atoms with van der Waals surface area (Å²) in [7, 11) is -3.06. The number of nitrogens with zero attached hydrogens (tertiary/aromatic N) is 4. The van der Waals surface area contributed by atoms with E-state index in [9.17, 15) is 15.8 Å². The Bertz CT molecular complexity index is 2580. The fourth-order valence-corrected chi connectivity index (χ4v) is 12.4. The lowest BCUT2D eigenvalue weighted by Gasteiger charge is -2.35. The average molecular weight is 653 g/mol. The summed E-state index contributed by atoms with van der Waals surface area (Å²) in [6.07, 6.45) is 0. The summed E-state index contributed by atoms with van der Waals surface area (Å²) in [4.78, 5) is 0. The zero-order valence-corrected chi connectivity index (χ0v) is 28.0. The molecule has 0 spiro atoms. The Balaban J connectivity index is 1.38. The number of rotatable bonds is 6. The molecule has 8 aromatic rings. The zero-order valence-electron chi connectivity index (χ0n) is 27.0. The van der Waals surface area contributed by atoms with Crippen LogP contribution in [0.3, 0.4) is 0 Å². The highest BCUT2D eigenvalue weighted by Crippen LogP contribution is 2.34. The Hall–Kier alpha value is -6.97. The molecule has 4 nitrogen and oxygen atoms in total. The number of fused-ring (bicyclic) bond motifs is 3. The van der Waals surface area contributed by atoms with Crippen LogP contribution >= 0.6 is 0 Å². The molecule has 50 heavy (non-hydrogen) atoms. The van der Waals surface area contributed by atoms with E-state index in [1.807, 2.05) is 72.8 Å². The van der Waals surface area contributed by atoms with Crippen LogP contribution in [0.2, 0.25) is 0 Å². The average Bonchev–Trinajstić information content (AvgIpc) is 3.53. The number of hydrogen-bond acceptors (Lipinski definition) is 3. The molecule has 7 aromatic carbocycles. The van der Waals surface area contributed by atoms with Gasteiger partial charge >= 0.3 is 0 Å². The van der Waals surface area contributed by atoms with Crippen LogP contribution in [-0.2, 0) is 0 Å². The van der Waals surface area contributed by atoms with E-state index in [0.29, 0.717) is 22.3 Å². The molecule has 0 unspecified atom stereocenters. The van der Waals surface area contributed by atoms with Gasteiger partial charge in [-0.05, 0) is 74.8 Å². The summed E-state index contributed by atoms with van der Waals surface area (Å²) in [5, 5.41) is 37.7. The number of hydrogen-bond donors (Lipinski definition) is 0. The van der Waals surface area contributed by atoms with Crippen molar-refractivity contribution in [3.63, 3.8) is 0 Å². The van der Waals surface area contributed by atoms with Crippen LogP contribution in [0.15, 0.2) is 170 Å². The third-order valence-electron chi connectivity index (χ3n) is 9.64. The zero-order chi connectivity index (χ0) is 34.1. The van der Waals surface area contributed by atoms with Gasteiger partial charge in [0.1, 0.15) is 0 Å². The van der Waals surface area contributed by atoms with Gasteiger partial charge in [0.05, 0.1) is 45.9 Å². The molecule has 0 fully saturated rings. The summed E-state index contributed by atoms with van der Waals surface area (Å²) in [6, 6.07) is 64.6. The summed E-state index contributed by atoms with van der Waals surface area (Å²) in [5.41, 5.74) is 6.15. The minimum atomic E-state index is -3.06. The second-order valence-electron chi connectivity index (χ2n) is 12.3. The van der Waals surface area contributed by atoms with E-state index in [2.05, 4.69) is 120 Å². The van der Waals surface area contributed by atoms with Gasteiger partial charge in [-0.3, -0.25) is 0 Å². The van der Waals surface area contributed by atoms with Gasteiger partial charge in [-0.2, -0.15) is 15.8 Å². The topological polar surface area (TPSA) is 76.3 Å². The highest BCUT2D eigenvalue weighted by Gasteiger charge is 2.43. The lowest BCUT2D eigenvalue weighted by Crippen LogP contribution is -2.75. The summed E-state index contributed by atoms with van der Waals surface area (Å²) >= 11 is 0. The van der Waals surface area contributed by atoms with Gasteiger partial charge in [0.2, 0.25) is 0 Å². The lowest BCUT2D eigenvalue weighted by atomic mass is 9.97. The van der Waals surface area contributed by atoms with Gasteiger partial charge in [0.25, 0.3) is 0 Å². The standard InChI is InChI=1S/C45H28N4Si/c46-29-32-23-24-44-42(25-32)40-21-10-11-22-43(40)49(44)36-14-12-13-33(26-36)41-27-35(31-48)45(28-34(41)30-47)50(37-15-4-1-5-16-37,38-17-6-2-7-18-38)39-19-8-3-9-20-39/h1-28H.